The molecule has 0 aromatic carbocycles. The smallest absolute Gasteiger partial charge is 0.223 e. The number of nitrogens with zero attached hydrogens (tertiary/aromatic N) is 2. The number of aryl methyl sites for hydroxylation is 1. The first-order valence-corrected chi connectivity index (χ1v) is 5.43. The van der Waals surface area contributed by atoms with Crippen molar-refractivity contribution in [3.8, 4) is 0 Å². The van der Waals surface area contributed by atoms with Crippen LogP contribution in [0.2, 0.25) is 0 Å². The molecule has 0 bridgehead atoms. The van der Waals surface area contributed by atoms with Crippen LogP contribution in [0.4, 0.5) is 0 Å². The summed E-state index contributed by atoms with van der Waals surface area (Å²) in [6.07, 6.45) is 3.66. The zero-order valence-corrected chi connectivity index (χ0v) is 9.66. The van der Waals surface area contributed by atoms with Crippen molar-refractivity contribution in [2.75, 3.05) is 0 Å². The van der Waals surface area contributed by atoms with E-state index in [1.54, 1.807) is 4.68 Å². The molecule has 0 saturated carbocycles. The summed E-state index contributed by atoms with van der Waals surface area (Å²) in [5.74, 6) is 0.263. The monoisotopic (exact) mass is 209 g/mol. The summed E-state index contributed by atoms with van der Waals surface area (Å²) in [4.78, 5) is 11.6. The maximum absolute atomic E-state index is 11.6. The van der Waals surface area contributed by atoms with Crippen LogP contribution in [0, 0.1) is 5.92 Å². The fourth-order valence-electron chi connectivity index (χ4n) is 1.54. The van der Waals surface area contributed by atoms with Crippen LogP contribution in [0.1, 0.15) is 32.4 Å². The Morgan fingerprint density at radius 3 is 2.67 bits per heavy atom. The molecule has 15 heavy (non-hydrogen) atoms. The van der Waals surface area contributed by atoms with Crippen LogP contribution >= 0.6 is 0 Å². The molecule has 4 heteroatoms. The SMILES string of the molecule is CCC(CC)C(=O)NCc1ccn(C)n1. The minimum absolute atomic E-state index is 0.130. The first kappa shape index (κ1) is 11.8. The Kier molecular flexibility index (Phi) is 4.34. The van der Waals surface area contributed by atoms with Gasteiger partial charge in [-0.15, -0.1) is 0 Å². The Bertz CT molecular complexity index is 315. The summed E-state index contributed by atoms with van der Waals surface area (Å²) in [5, 5.41) is 7.10. The fraction of sp³-hybridized carbons (Fsp3) is 0.636. The topological polar surface area (TPSA) is 46.9 Å². The normalized spacial score (nSPS) is 10.7. The lowest BCUT2D eigenvalue weighted by Crippen LogP contribution is -2.29. The molecule has 0 saturated heterocycles. The number of rotatable bonds is 5. The van der Waals surface area contributed by atoms with Crippen LogP contribution in [0.25, 0.3) is 0 Å². The van der Waals surface area contributed by atoms with Crippen LogP contribution in [-0.4, -0.2) is 15.7 Å². The Hall–Kier alpha value is -1.32. The molecule has 1 amide bonds. The second kappa shape index (κ2) is 5.53. The first-order chi connectivity index (χ1) is 7.17. The number of amides is 1. The van der Waals surface area contributed by atoms with Crippen LogP contribution in [0.15, 0.2) is 12.3 Å². The predicted octanol–water partition coefficient (Wildman–Crippen LogP) is 1.47. The first-order valence-electron chi connectivity index (χ1n) is 5.43. The Balaban J connectivity index is 2.40. The van der Waals surface area contributed by atoms with Gasteiger partial charge in [0.25, 0.3) is 0 Å². The Morgan fingerprint density at radius 2 is 2.20 bits per heavy atom. The quantitative estimate of drug-likeness (QED) is 0.798. The van der Waals surface area contributed by atoms with Crippen molar-refractivity contribution in [1.29, 1.82) is 0 Å². The third-order valence-corrected chi connectivity index (χ3v) is 2.57. The van der Waals surface area contributed by atoms with Crippen molar-refractivity contribution in [3.63, 3.8) is 0 Å². The van der Waals surface area contributed by atoms with Crippen LogP contribution in [0.3, 0.4) is 0 Å². The van der Waals surface area contributed by atoms with Gasteiger partial charge in [-0.25, -0.2) is 0 Å². The van der Waals surface area contributed by atoms with E-state index in [9.17, 15) is 4.79 Å². The molecule has 84 valence electrons. The summed E-state index contributed by atoms with van der Waals surface area (Å²) in [6.45, 7) is 4.60. The Morgan fingerprint density at radius 1 is 1.53 bits per heavy atom. The zero-order chi connectivity index (χ0) is 11.3. The van der Waals surface area contributed by atoms with Crippen LogP contribution in [-0.2, 0) is 18.4 Å². The molecule has 0 aliphatic rings. The maximum Gasteiger partial charge on any atom is 0.223 e. The van der Waals surface area contributed by atoms with E-state index in [4.69, 9.17) is 0 Å². The van der Waals surface area contributed by atoms with E-state index in [0.717, 1.165) is 18.5 Å². The van der Waals surface area contributed by atoms with Crippen molar-refractivity contribution in [2.45, 2.75) is 33.2 Å². The van der Waals surface area contributed by atoms with Crippen molar-refractivity contribution in [2.24, 2.45) is 13.0 Å². The van der Waals surface area contributed by atoms with Crippen molar-refractivity contribution >= 4 is 5.91 Å². The molecular weight excluding hydrogens is 190 g/mol. The average molecular weight is 209 g/mol. The number of nitrogens with one attached hydrogen (secondary N) is 1. The van der Waals surface area contributed by atoms with Crippen LogP contribution in [0.5, 0.6) is 0 Å². The highest BCUT2D eigenvalue weighted by Gasteiger charge is 2.13. The van der Waals surface area contributed by atoms with Gasteiger partial charge in [-0.05, 0) is 18.9 Å². The van der Waals surface area contributed by atoms with Gasteiger partial charge in [0, 0.05) is 19.2 Å². The van der Waals surface area contributed by atoms with E-state index < -0.39 is 0 Å². The molecule has 1 heterocycles. The number of aromatic nitrogens is 2. The molecule has 4 nitrogen and oxygen atoms in total. The van der Waals surface area contributed by atoms with Gasteiger partial charge >= 0.3 is 0 Å². The van der Waals surface area contributed by atoms with Gasteiger partial charge in [0.1, 0.15) is 0 Å². The highest BCUT2D eigenvalue weighted by Crippen LogP contribution is 2.07. The second-order valence-corrected chi connectivity index (χ2v) is 3.71. The van der Waals surface area contributed by atoms with E-state index in [0.29, 0.717) is 6.54 Å². The van der Waals surface area contributed by atoms with E-state index in [2.05, 4.69) is 10.4 Å². The van der Waals surface area contributed by atoms with Gasteiger partial charge in [-0.3, -0.25) is 9.48 Å². The Labute approximate surface area is 90.7 Å². The third-order valence-electron chi connectivity index (χ3n) is 2.57. The number of carbonyl (C=O) groups excluding carboxylic acids is 1. The largest absolute Gasteiger partial charge is 0.350 e. The maximum atomic E-state index is 11.6. The van der Waals surface area contributed by atoms with Gasteiger partial charge in [-0.1, -0.05) is 13.8 Å². The average Bonchev–Trinajstić information content (AvgIpc) is 2.63. The molecule has 0 fully saturated rings. The molecule has 0 spiro atoms. The highest BCUT2D eigenvalue weighted by molar-refractivity contribution is 5.78. The van der Waals surface area contributed by atoms with Crippen molar-refractivity contribution in [3.05, 3.63) is 18.0 Å². The molecule has 1 aromatic heterocycles. The van der Waals surface area contributed by atoms with Gasteiger partial charge < -0.3 is 5.32 Å². The summed E-state index contributed by atoms with van der Waals surface area (Å²) >= 11 is 0. The molecule has 0 aliphatic carbocycles. The highest BCUT2D eigenvalue weighted by atomic mass is 16.1. The number of carbonyl (C=O) groups is 1. The van der Waals surface area contributed by atoms with Gasteiger partial charge in [-0.2, -0.15) is 5.10 Å². The summed E-state index contributed by atoms with van der Waals surface area (Å²) in [7, 11) is 1.87. The van der Waals surface area contributed by atoms with Crippen molar-refractivity contribution < 1.29 is 4.79 Å². The molecule has 1 aromatic rings. The second-order valence-electron chi connectivity index (χ2n) is 3.71. The fourth-order valence-corrected chi connectivity index (χ4v) is 1.54. The van der Waals surface area contributed by atoms with Crippen LogP contribution < -0.4 is 5.32 Å². The lowest BCUT2D eigenvalue weighted by atomic mass is 10.0. The molecule has 0 aliphatic heterocycles. The van der Waals surface area contributed by atoms with E-state index in [1.165, 1.54) is 0 Å². The summed E-state index contributed by atoms with van der Waals surface area (Å²) < 4.78 is 1.73. The molecule has 0 unspecified atom stereocenters. The predicted molar refractivity (Wildman–Crippen MR) is 59.1 cm³/mol. The van der Waals surface area contributed by atoms with E-state index in [-0.39, 0.29) is 11.8 Å². The molecule has 1 N–H and O–H groups in total. The van der Waals surface area contributed by atoms with Gasteiger partial charge in [0.2, 0.25) is 5.91 Å². The molecular formula is C11H19N3O. The zero-order valence-electron chi connectivity index (χ0n) is 9.66. The molecule has 1 rings (SSSR count). The van der Waals surface area contributed by atoms with E-state index in [1.807, 2.05) is 33.2 Å². The number of hydrogen-bond donors (Lipinski definition) is 1. The standard InChI is InChI=1S/C11H19N3O/c1-4-9(5-2)11(15)12-8-10-6-7-14(3)13-10/h6-7,9H,4-5,8H2,1-3H3,(H,12,15). The lowest BCUT2D eigenvalue weighted by molar-refractivity contribution is -0.125. The summed E-state index contributed by atoms with van der Waals surface area (Å²) in [6, 6.07) is 1.91. The lowest BCUT2D eigenvalue weighted by Gasteiger charge is -2.11. The minimum Gasteiger partial charge on any atom is -0.350 e. The van der Waals surface area contributed by atoms with Gasteiger partial charge in [0.05, 0.1) is 12.2 Å². The third kappa shape index (κ3) is 3.38. The summed E-state index contributed by atoms with van der Waals surface area (Å²) in [5.41, 5.74) is 0.900. The van der Waals surface area contributed by atoms with Crippen molar-refractivity contribution in [1.82, 2.24) is 15.1 Å². The molecule has 0 atom stereocenters. The molecule has 0 radical (unpaired) electrons. The number of hydrogen-bond acceptors (Lipinski definition) is 2. The van der Waals surface area contributed by atoms with Gasteiger partial charge in [0.15, 0.2) is 0 Å². The minimum atomic E-state index is 0.130. The van der Waals surface area contributed by atoms with E-state index >= 15 is 0 Å².